The smallest absolute Gasteiger partial charge is 0.311 e. The number of rotatable bonds is 6. The molecular weight excluding hydrogens is 320 g/mol. The van der Waals surface area contributed by atoms with Crippen molar-refractivity contribution in [2.24, 2.45) is 0 Å². The Bertz CT molecular complexity index is 856. The minimum absolute atomic E-state index is 0.133. The van der Waals surface area contributed by atoms with E-state index in [0.717, 1.165) is 11.1 Å². The van der Waals surface area contributed by atoms with Crippen molar-refractivity contribution in [2.75, 3.05) is 7.11 Å². The van der Waals surface area contributed by atoms with Gasteiger partial charge in [0.15, 0.2) is 11.5 Å². The molecule has 0 amide bonds. The highest BCUT2D eigenvalue weighted by Gasteiger charge is 2.13. The van der Waals surface area contributed by atoms with Gasteiger partial charge in [0.2, 0.25) is 11.8 Å². The van der Waals surface area contributed by atoms with Gasteiger partial charge in [-0.1, -0.05) is 29.8 Å². The van der Waals surface area contributed by atoms with E-state index < -0.39 is 0 Å². The van der Waals surface area contributed by atoms with Crippen LogP contribution in [0, 0.1) is 6.92 Å². The number of aryl methyl sites for hydroxylation is 2. The van der Waals surface area contributed by atoms with E-state index in [4.69, 9.17) is 13.9 Å². The molecular formula is C19H18N2O4. The van der Waals surface area contributed by atoms with Gasteiger partial charge in [0.25, 0.3) is 0 Å². The lowest BCUT2D eigenvalue weighted by Gasteiger charge is -2.07. The van der Waals surface area contributed by atoms with Crippen molar-refractivity contribution in [3.05, 3.63) is 60.0 Å². The first kappa shape index (κ1) is 16.7. The molecule has 0 radical (unpaired) electrons. The Morgan fingerprint density at radius 3 is 2.48 bits per heavy atom. The molecule has 0 aliphatic rings. The predicted octanol–water partition coefficient (Wildman–Crippen LogP) is 3.59. The quantitative estimate of drug-likeness (QED) is 0.505. The van der Waals surface area contributed by atoms with Crippen molar-refractivity contribution in [1.82, 2.24) is 10.2 Å². The van der Waals surface area contributed by atoms with Crippen LogP contribution in [0.1, 0.15) is 17.9 Å². The van der Waals surface area contributed by atoms with Crippen LogP contribution in [0.4, 0.5) is 0 Å². The largest absolute Gasteiger partial charge is 0.493 e. The van der Waals surface area contributed by atoms with Crippen LogP contribution in [0.15, 0.2) is 52.9 Å². The van der Waals surface area contributed by atoms with Crippen LogP contribution in [-0.4, -0.2) is 23.3 Å². The average molecular weight is 338 g/mol. The zero-order chi connectivity index (χ0) is 17.6. The van der Waals surface area contributed by atoms with E-state index in [1.165, 1.54) is 7.11 Å². The number of para-hydroxylation sites is 2. The van der Waals surface area contributed by atoms with Crippen LogP contribution in [0.2, 0.25) is 0 Å². The van der Waals surface area contributed by atoms with Crippen LogP contribution >= 0.6 is 0 Å². The van der Waals surface area contributed by atoms with Crippen LogP contribution in [0.25, 0.3) is 11.5 Å². The fourth-order valence-electron chi connectivity index (χ4n) is 2.25. The monoisotopic (exact) mass is 338 g/mol. The number of nitrogens with zero attached hydrogens (tertiary/aromatic N) is 2. The third kappa shape index (κ3) is 4.23. The molecule has 3 aromatic rings. The molecule has 6 heteroatoms. The number of hydrogen-bond acceptors (Lipinski definition) is 6. The Morgan fingerprint density at radius 2 is 1.76 bits per heavy atom. The van der Waals surface area contributed by atoms with Gasteiger partial charge >= 0.3 is 5.97 Å². The second-order valence-corrected chi connectivity index (χ2v) is 5.49. The number of aromatic nitrogens is 2. The number of carbonyl (C=O) groups excluding carboxylic acids is 1. The molecule has 0 aliphatic carbocycles. The molecule has 0 N–H and O–H groups in total. The number of hydrogen-bond donors (Lipinski definition) is 0. The van der Waals surface area contributed by atoms with E-state index in [1.807, 2.05) is 31.2 Å². The fourth-order valence-corrected chi connectivity index (χ4v) is 2.25. The number of carbonyl (C=O) groups is 1. The molecule has 128 valence electrons. The summed E-state index contributed by atoms with van der Waals surface area (Å²) in [6.07, 6.45) is 0.445. The Kier molecular flexibility index (Phi) is 5.09. The Labute approximate surface area is 145 Å². The lowest BCUT2D eigenvalue weighted by atomic mass is 10.1. The number of methoxy groups -OCH3 is 1. The second-order valence-electron chi connectivity index (χ2n) is 5.49. The summed E-state index contributed by atoms with van der Waals surface area (Å²) >= 11 is 0. The van der Waals surface area contributed by atoms with E-state index in [9.17, 15) is 4.79 Å². The SMILES string of the molecule is COc1ccccc1OC(=O)CCc1nnc(-c2ccc(C)cc2)o1. The highest BCUT2D eigenvalue weighted by molar-refractivity contribution is 5.73. The summed E-state index contributed by atoms with van der Waals surface area (Å²) in [5.41, 5.74) is 2.00. The first-order valence-corrected chi connectivity index (χ1v) is 7.89. The summed E-state index contributed by atoms with van der Waals surface area (Å²) in [4.78, 5) is 12.0. The topological polar surface area (TPSA) is 74.5 Å². The third-order valence-corrected chi connectivity index (χ3v) is 3.60. The van der Waals surface area contributed by atoms with Gasteiger partial charge in [-0.25, -0.2) is 0 Å². The number of benzene rings is 2. The minimum Gasteiger partial charge on any atom is -0.493 e. The van der Waals surface area contributed by atoms with Crippen molar-refractivity contribution in [1.29, 1.82) is 0 Å². The Morgan fingerprint density at radius 1 is 1.04 bits per heavy atom. The maximum Gasteiger partial charge on any atom is 0.311 e. The molecule has 6 nitrogen and oxygen atoms in total. The van der Waals surface area contributed by atoms with Crippen LogP contribution in [-0.2, 0) is 11.2 Å². The van der Waals surface area contributed by atoms with E-state index in [-0.39, 0.29) is 12.4 Å². The normalized spacial score (nSPS) is 10.5. The minimum atomic E-state index is -0.389. The van der Waals surface area contributed by atoms with E-state index in [2.05, 4.69) is 10.2 Å². The first-order valence-electron chi connectivity index (χ1n) is 7.89. The van der Waals surface area contributed by atoms with Gasteiger partial charge < -0.3 is 13.9 Å². The standard InChI is InChI=1S/C19H18N2O4/c1-13-7-9-14(10-8-13)19-21-20-17(25-19)11-12-18(22)24-16-6-4-3-5-15(16)23-2/h3-10H,11-12H2,1-2H3. The average Bonchev–Trinajstić information content (AvgIpc) is 3.10. The van der Waals surface area contributed by atoms with Gasteiger partial charge in [-0.3, -0.25) is 4.79 Å². The van der Waals surface area contributed by atoms with Gasteiger partial charge in [-0.05, 0) is 31.2 Å². The molecule has 0 bridgehead atoms. The molecule has 2 aromatic carbocycles. The van der Waals surface area contributed by atoms with Gasteiger partial charge in [0.05, 0.1) is 13.5 Å². The maximum atomic E-state index is 12.0. The highest BCUT2D eigenvalue weighted by Crippen LogP contribution is 2.26. The second kappa shape index (κ2) is 7.61. The van der Waals surface area contributed by atoms with Gasteiger partial charge in [0, 0.05) is 12.0 Å². The molecule has 0 unspecified atom stereocenters. The molecule has 0 aliphatic heterocycles. The molecule has 0 atom stereocenters. The first-order chi connectivity index (χ1) is 12.2. The van der Waals surface area contributed by atoms with Crippen LogP contribution in [0.5, 0.6) is 11.5 Å². The van der Waals surface area contributed by atoms with Crippen molar-refractivity contribution in [3.63, 3.8) is 0 Å². The zero-order valence-electron chi connectivity index (χ0n) is 14.1. The lowest BCUT2D eigenvalue weighted by molar-refractivity contribution is -0.134. The lowest BCUT2D eigenvalue weighted by Crippen LogP contribution is -2.09. The van der Waals surface area contributed by atoms with Crippen LogP contribution < -0.4 is 9.47 Å². The zero-order valence-corrected chi connectivity index (χ0v) is 14.1. The van der Waals surface area contributed by atoms with Crippen molar-refractivity contribution in [2.45, 2.75) is 19.8 Å². The fraction of sp³-hybridized carbons (Fsp3) is 0.211. The van der Waals surface area contributed by atoms with Crippen molar-refractivity contribution >= 4 is 5.97 Å². The molecule has 0 saturated heterocycles. The third-order valence-electron chi connectivity index (χ3n) is 3.60. The molecule has 1 heterocycles. The van der Waals surface area contributed by atoms with Gasteiger partial charge in [-0.2, -0.15) is 0 Å². The summed E-state index contributed by atoms with van der Waals surface area (Å²) in [7, 11) is 1.53. The Hall–Kier alpha value is -3.15. The molecule has 1 aromatic heterocycles. The van der Waals surface area contributed by atoms with Crippen molar-refractivity contribution < 1.29 is 18.7 Å². The summed E-state index contributed by atoms with van der Waals surface area (Å²) in [5, 5.41) is 8.00. The molecule has 0 saturated carbocycles. The van der Waals surface area contributed by atoms with Crippen molar-refractivity contribution in [3.8, 4) is 23.0 Å². The molecule has 3 rings (SSSR count). The highest BCUT2D eigenvalue weighted by atomic mass is 16.6. The molecule has 0 fully saturated rings. The maximum absolute atomic E-state index is 12.0. The predicted molar refractivity (Wildman–Crippen MR) is 91.4 cm³/mol. The summed E-state index contributed by atoms with van der Waals surface area (Å²) in [6.45, 7) is 2.01. The van der Waals surface area contributed by atoms with E-state index >= 15 is 0 Å². The molecule has 25 heavy (non-hydrogen) atoms. The van der Waals surface area contributed by atoms with Gasteiger partial charge in [0.1, 0.15) is 0 Å². The number of esters is 1. The summed E-state index contributed by atoms with van der Waals surface area (Å²) < 4.78 is 16.1. The van der Waals surface area contributed by atoms with E-state index in [0.29, 0.717) is 29.7 Å². The van der Waals surface area contributed by atoms with Crippen LogP contribution in [0.3, 0.4) is 0 Å². The summed E-state index contributed by atoms with van der Waals surface area (Å²) in [6, 6.07) is 14.8. The van der Waals surface area contributed by atoms with E-state index in [1.54, 1.807) is 24.3 Å². The summed E-state index contributed by atoms with van der Waals surface area (Å²) in [5.74, 6) is 1.34. The van der Waals surface area contributed by atoms with Gasteiger partial charge in [-0.15, -0.1) is 10.2 Å². The number of ether oxygens (including phenoxy) is 2. The Balaban J connectivity index is 1.58. The molecule has 0 spiro atoms.